The molecule has 0 aliphatic rings. The molecule has 2 rings (SSSR count). The lowest BCUT2D eigenvalue weighted by molar-refractivity contribution is 0.204. The van der Waals surface area contributed by atoms with Gasteiger partial charge in [0.1, 0.15) is 0 Å². The fraction of sp³-hybridized carbons (Fsp3) is 0.333. The summed E-state index contributed by atoms with van der Waals surface area (Å²) in [6, 6.07) is 7.32. The average Bonchev–Trinajstić information content (AvgIpc) is 2.85. The minimum Gasteiger partial charge on any atom is -0.387 e. The summed E-state index contributed by atoms with van der Waals surface area (Å²) >= 11 is 9.00. The average molecular weight is 316 g/mol. The first-order chi connectivity index (χ1) is 9.20. The smallest absolute Gasteiger partial charge is 0.206 e. The molecular weight excluding hydrogens is 302 g/mol. The topological polar surface area (TPSA) is 58.0 Å². The number of nitrogens with zero attached hydrogens (tertiary/aromatic N) is 2. The van der Waals surface area contributed by atoms with Gasteiger partial charge in [-0.05, 0) is 18.6 Å². The molecule has 0 saturated carbocycles. The van der Waals surface area contributed by atoms with E-state index in [2.05, 4.69) is 15.5 Å². The van der Waals surface area contributed by atoms with Gasteiger partial charge in [0, 0.05) is 17.3 Å². The maximum absolute atomic E-state index is 10.1. The van der Waals surface area contributed by atoms with Crippen LogP contribution in [0.5, 0.6) is 0 Å². The predicted octanol–water partition coefficient (Wildman–Crippen LogP) is 3.45. The van der Waals surface area contributed by atoms with E-state index in [4.69, 9.17) is 11.6 Å². The Kier molecular flexibility index (Phi) is 5.45. The van der Waals surface area contributed by atoms with Gasteiger partial charge >= 0.3 is 0 Å². The van der Waals surface area contributed by atoms with Gasteiger partial charge in [-0.1, -0.05) is 52.9 Å². The molecule has 1 aromatic heterocycles. The summed E-state index contributed by atoms with van der Waals surface area (Å²) in [7, 11) is 0. The molecule has 1 unspecified atom stereocenters. The number of nitrogens with one attached hydrogen (secondary N) is 1. The normalized spacial score (nSPS) is 12.4. The first-order valence-electron chi connectivity index (χ1n) is 5.83. The van der Waals surface area contributed by atoms with Gasteiger partial charge in [-0.15, -0.1) is 10.2 Å². The number of benzene rings is 1. The van der Waals surface area contributed by atoms with Crippen LogP contribution in [0.3, 0.4) is 0 Å². The van der Waals surface area contributed by atoms with E-state index in [-0.39, 0.29) is 0 Å². The number of hydrogen-bond acceptors (Lipinski definition) is 6. The lowest BCUT2D eigenvalue weighted by atomic mass is 10.1. The number of rotatable bonds is 6. The van der Waals surface area contributed by atoms with E-state index in [1.54, 1.807) is 6.07 Å². The Hall–Kier alpha value is -0.820. The van der Waals surface area contributed by atoms with Crippen molar-refractivity contribution in [2.45, 2.75) is 17.4 Å². The Morgan fingerprint density at radius 3 is 2.95 bits per heavy atom. The van der Waals surface area contributed by atoms with Gasteiger partial charge in [-0.2, -0.15) is 0 Å². The molecule has 19 heavy (non-hydrogen) atoms. The van der Waals surface area contributed by atoms with Crippen LogP contribution in [0.4, 0.5) is 5.13 Å². The van der Waals surface area contributed by atoms with Crippen LogP contribution in [0.15, 0.2) is 28.6 Å². The maximum Gasteiger partial charge on any atom is 0.206 e. The van der Waals surface area contributed by atoms with Crippen LogP contribution in [0, 0.1) is 0 Å². The van der Waals surface area contributed by atoms with E-state index in [1.807, 2.05) is 25.1 Å². The largest absolute Gasteiger partial charge is 0.387 e. The Morgan fingerprint density at radius 2 is 2.21 bits per heavy atom. The number of aliphatic hydroxyl groups excluding tert-OH is 1. The molecule has 0 aliphatic carbocycles. The molecule has 7 heteroatoms. The summed E-state index contributed by atoms with van der Waals surface area (Å²) < 4.78 is 0.835. The molecule has 0 fully saturated rings. The summed E-state index contributed by atoms with van der Waals surface area (Å²) in [5, 5.41) is 22.7. The summed E-state index contributed by atoms with van der Waals surface area (Å²) in [6.07, 6.45) is -0.606. The molecule has 0 bridgehead atoms. The van der Waals surface area contributed by atoms with Gasteiger partial charge in [0.15, 0.2) is 4.34 Å². The molecule has 0 spiro atoms. The number of anilines is 1. The van der Waals surface area contributed by atoms with Gasteiger partial charge in [-0.3, -0.25) is 0 Å². The zero-order valence-corrected chi connectivity index (χ0v) is 12.7. The summed E-state index contributed by atoms with van der Waals surface area (Å²) in [6.45, 7) is 2.83. The molecule has 0 amide bonds. The third-order valence-electron chi connectivity index (χ3n) is 2.36. The highest BCUT2D eigenvalue weighted by Gasteiger charge is 2.13. The Balaban J connectivity index is 1.92. The number of aromatic nitrogens is 2. The quantitative estimate of drug-likeness (QED) is 0.800. The number of aliphatic hydroxyl groups is 1. The Morgan fingerprint density at radius 1 is 1.42 bits per heavy atom. The lowest BCUT2D eigenvalue weighted by Crippen LogP contribution is -2.01. The fourth-order valence-electron chi connectivity index (χ4n) is 1.48. The van der Waals surface area contributed by atoms with Crippen LogP contribution >= 0.6 is 34.7 Å². The van der Waals surface area contributed by atoms with Crippen LogP contribution in [0.2, 0.25) is 5.02 Å². The van der Waals surface area contributed by atoms with E-state index in [9.17, 15) is 5.11 Å². The Labute approximate surface area is 125 Å². The zero-order valence-electron chi connectivity index (χ0n) is 10.3. The van der Waals surface area contributed by atoms with Crippen molar-refractivity contribution in [2.75, 3.05) is 17.6 Å². The van der Waals surface area contributed by atoms with Crippen LogP contribution in [-0.4, -0.2) is 27.6 Å². The highest BCUT2D eigenvalue weighted by molar-refractivity contribution is 8.01. The van der Waals surface area contributed by atoms with Crippen LogP contribution in [-0.2, 0) is 0 Å². The molecule has 2 N–H and O–H groups in total. The maximum atomic E-state index is 10.1. The predicted molar refractivity (Wildman–Crippen MR) is 81.2 cm³/mol. The van der Waals surface area contributed by atoms with Crippen molar-refractivity contribution >= 4 is 39.8 Å². The monoisotopic (exact) mass is 315 g/mol. The highest BCUT2D eigenvalue weighted by Crippen LogP contribution is 2.31. The third-order valence-corrected chi connectivity index (χ3v) is 4.80. The van der Waals surface area contributed by atoms with E-state index in [0.29, 0.717) is 10.8 Å². The number of hydrogen-bond donors (Lipinski definition) is 2. The van der Waals surface area contributed by atoms with Crippen LogP contribution in [0.1, 0.15) is 18.6 Å². The molecule has 102 valence electrons. The molecule has 1 heterocycles. The van der Waals surface area contributed by atoms with Crippen molar-refractivity contribution < 1.29 is 5.11 Å². The summed E-state index contributed by atoms with van der Waals surface area (Å²) in [4.78, 5) is 0. The second-order valence-electron chi connectivity index (χ2n) is 3.75. The molecule has 4 nitrogen and oxygen atoms in total. The van der Waals surface area contributed by atoms with Crippen molar-refractivity contribution in [1.29, 1.82) is 0 Å². The summed E-state index contributed by atoms with van der Waals surface area (Å²) in [5.74, 6) is 0.504. The van der Waals surface area contributed by atoms with Crippen LogP contribution in [0.25, 0.3) is 0 Å². The van der Waals surface area contributed by atoms with Gasteiger partial charge in [0.2, 0.25) is 5.13 Å². The molecular formula is C12H14ClN3OS2. The first-order valence-corrected chi connectivity index (χ1v) is 8.01. The number of halogens is 1. The van der Waals surface area contributed by atoms with Gasteiger partial charge in [0.25, 0.3) is 0 Å². The van der Waals surface area contributed by atoms with E-state index in [0.717, 1.165) is 21.6 Å². The minimum atomic E-state index is -0.606. The fourth-order valence-corrected chi connectivity index (χ4v) is 3.54. The van der Waals surface area contributed by atoms with Crippen molar-refractivity contribution in [2.24, 2.45) is 0 Å². The standard InChI is InChI=1S/C12H14ClN3OS2/c1-2-14-11-15-16-12(19-11)18-7-10(17)8-5-3-4-6-9(8)13/h3-6,10,17H,2,7H2,1H3,(H,14,15). The Bertz CT molecular complexity index is 535. The highest BCUT2D eigenvalue weighted by atomic mass is 35.5. The second kappa shape index (κ2) is 7.09. The zero-order chi connectivity index (χ0) is 13.7. The van der Waals surface area contributed by atoms with Crippen molar-refractivity contribution in [3.8, 4) is 0 Å². The minimum absolute atomic E-state index is 0.504. The first kappa shape index (κ1) is 14.6. The second-order valence-corrected chi connectivity index (χ2v) is 6.40. The van der Waals surface area contributed by atoms with Gasteiger partial charge in [0.05, 0.1) is 6.10 Å². The van der Waals surface area contributed by atoms with E-state index >= 15 is 0 Å². The van der Waals surface area contributed by atoms with Crippen LogP contribution < -0.4 is 5.32 Å². The molecule has 0 aliphatic heterocycles. The molecule has 1 atom stereocenters. The van der Waals surface area contributed by atoms with Gasteiger partial charge < -0.3 is 10.4 Å². The molecule has 1 aromatic carbocycles. The van der Waals surface area contributed by atoms with Crippen molar-refractivity contribution in [3.63, 3.8) is 0 Å². The molecule has 0 saturated heterocycles. The lowest BCUT2D eigenvalue weighted by Gasteiger charge is -2.10. The van der Waals surface area contributed by atoms with E-state index < -0.39 is 6.10 Å². The molecule has 2 aromatic rings. The summed E-state index contributed by atoms with van der Waals surface area (Å²) in [5.41, 5.74) is 0.744. The van der Waals surface area contributed by atoms with E-state index in [1.165, 1.54) is 23.1 Å². The SMILES string of the molecule is CCNc1nnc(SCC(O)c2ccccc2Cl)s1. The molecule has 0 radical (unpaired) electrons. The number of thioether (sulfide) groups is 1. The van der Waals surface area contributed by atoms with Gasteiger partial charge in [-0.25, -0.2) is 0 Å². The van der Waals surface area contributed by atoms with Crippen molar-refractivity contribution in [1.82, 2.24) is 10.2 Å². The van der Waals surface area contributed by atoms with Crippen molar-refractivity contribution in [3.05, 3.63) is 34.9 Å². The third kappa shape index (κ3) is 4.07.